The number of hydrogen-bond donors (Lipinski definition) is 0. The predicted octanol–water partition coefficient (Wildman–Crippen LogP) is 5.64. The molecule has 0 unspecified atom stereocenters. The third-order valence-electron chi connectivity index (χ3n) is 4.09. The molecule has 0 aliphatic carbocycles. The van der Waals surface area contributed by atoms with E-state index in [-0.39, 0.29) is 0 Å². The Balaban J connectivity index is 1.84. The highest BCUT2D eigenvalue weighted by atomic mass is 16.5. The van der Waals surface area contributed by atoms with Crippen molar-refractivity contribution >= 4 is 10.9 Å². The van der Waals surface area contributed by atoms with Crippen molar-refractivity contribution in [3.8, 4) is 22.8 Å². The van der Waals surface area contributed by atoms with Crippen LogP contribution >= 0.6 is 0 Å². The molecular formula is C21H17NO. The third kappa shape index (κ3) is 2.49. The van der Waals surface area contributed by atoms with Gasteiger partial charge in [0.05, 0.1) is 5.69 Å². The van der Waals surface area contributed by atoms with Crippen LogP contribution in [-0.4, -0.2) is 4.57 Å². The van der Waals surface area contributed by atoms with Gasteiger partial charge in [-0.05, 0) is 36.4 Å². The van der Waals surface area contributed by atoms with Crippen LogP contribution in [0.2, 0.25) is 0 Å². The smallest absolute Gasteiger partial charge is 0.136 e. The van der Waals surface area contributed by atoms with Gasteiger partial charge in [0, 0.05) is 23.5 Å². The summed E-state index contributed by atoms with van der Waals surface area (Å²) in [5, 5.41) is 1.24. The Bertz CT molecular complexity index is 954. The molecule has 3 aromatic carbocycles. The molecule has 0 aliphatic rings. The number of benzene rings is 3. The van der Waals surface area contributed by atoms with Crippen molar-refractivity contribution in [2.24, 2.45) is 7.05 Å². The molecule has 0 saturated heterocycles. The molecule has 4 rings (SSSR count). The van der Waals surface area contributed by atoms with Crippen LogP contribution in [0, 0.1) is 0 Å². The van der Waals surface area contributed by atoms with Gasteiger partial charge in [0.1, 0.15) is 11.5 Å². The van der Waals surface area contributed by atoms with Crippen molar-refractivity contribution in [2.75, 3.05) is 0 Å². The van der Waals surface area contributed by atoms with Crippen LogP contribution in [0.4, 0.5) is 0 Å². The monoisotopic (exact) mass is 299 g/mol. The fourth-order valence-electron chi connectivity index (χ4n) is 2.93. The van der Waals surface area contributed by atoms with Crippen molar-refractivity contribution in [3.05, 3.63) is 84.9 Å². The maximum absolute atomic E-state index is 6.10. The Morgan fingerprint density at radius 1 is 0.739 bits per heavy atom. The molecule has 0 fully saturated rings. The van der Waals surface area contributed by atoms with Gasteiger partial charge in [0.2, 0.25) is 0 Å². The zero-order valence-electron chi connectivity index (χ0n) is 12.9. The van der Waals surface area contributed by atoms with E-state index in [1.807, 2.05) is 48.5 Å². The first-order valence-electron chi connectivity index (χ1n) is 7.70. The summed E-state index contributed by atoms with van der Waals surface area (Å²) in [4.78, 5) is 0. The summed E-state index contributed by atoms with van der Waals surface area (Å²) in [7, 11) is 2.09. The molecule has 4 aromatic rings. The van der Waals surface area contributed by atoms with Crippen molar-refractivity contribution in [3.63, 3.8) is 0 Å². The van der Waals surface area contributed by atoms with Crippen LogP contribution in [-0.2, 0) is 7.05 Å². The topological polar surface area (TPSA) is 14.2 Å². The predicted molar refractivity (Wildman–Crippen MR) is 94.9 cm³/mol. The zero-order chi connectivity index (χ0) is 15.6. The lowest BCUT2D eigenvalue weighted by molar-refractivity contribution is 0.484. The van der Waals surface area contributed by atoms with E-state index in [1.54, 1.807) is 0 Å². The van der Waals surface area contributed by atoms with Gasteiger partial charge >= 0.3 is 0 Å². The lowest BCUT2D eigenvalue weighted by atomic mass is 10.1. The number of aromatic nitrogens is 1. The fraction of sp³-hybridized carbons (Fsp3) is 0.0476. The minimum Gasteiger partial charge on any atom is -0.457 e. The summed E-state index contributed by atoms with van der Waals surface area (Å²) in [5.41, 5.74) is 3.46. The molecule has 2 nitrogen and oxygen atoms in total. The van der Waals surface area contributed by atoms with E-state index < -0.39 is 0 Å². The third-order valence-corrected chi connectivity index (χ3v) is 4.09. The standard InChI is InChI=1S/C21H17NO/c1-22-19-13-7-5-9-16(19)15-20(22)18-12-6-8-14-21(18)23-17-10-3-2-4-11-17/h2-15H,1H3. The minimum absolute atomic E-state index is 0.846. The lowest BCUT2D eigenvalue weighted by Crippen LogP contribution is -1.94. The Hall–Kier alpha value is -3.00. The Morgan fingerprint density at radius 3 is 2.26 bits per heavy atom. The Labute approximate surface area is 135 Å². The van der Waals surface area contributed by atoms with Crippen LogP contribution in [0.25, 0.3) is 22.2 Å². The molecule has 0 bridgehead atoms. The molecule has 0 aliphatic heterocycles. The van der Waals surface area contributed by atoms with Crippen molar-refractivity contribution in [2.45, 2.75) is 0 Å². The molecule has 112 valence electrons. The Morgan fingerprint density at radius 2 is 1.43 bits per heavy atom. The van der Waals surface area contributed by atoms with E-state index >= 15 is 0 Å². The number of nitrogens with zero attached hydrogens (tertiary/aromatic N) is 1. The second-order valence-corrected chi connectivity index (χ2v) is 5.56. The van der Waals surface area contributed by atoms with Gasteiger partial charge in [-0.3, -0.25) is 0 Å². The van der Waals surface area contributed by atoms with Gasteiger partial charge in [-0.1, -0.05) is 48.5 Å². The lowest BCUT2D eigenvalue weighted by Gasteiger charge is -2.12. The first-order valence-corrected chi connectivity index (χ1v) is 7.70. The molecule has 2 heteroatoms. The SMILES string of the molecule is Cn1c(-c2ccccc2Oc2ccccc2)cc2ccccc21. The van der Waals surface area contributed by atoms with Crippen LogP contribution in [0.15, 0.2) is 84.9 Å². The first kappa shape index (κ1) is 13.6. The molecule has 0 amide bonds. The second-order valence-electron chi connectivity index (χ2n) is 5.56. The molecule has 0 radical (unpaired) electrons. The largest absolute Gasteiger partial charge is 0.457 e. The molecular weight excluding hydrogens is 282 g/mol. The second kappa shape index (κ2) is 5.65. The summed E-state index contributed by atoms with van der Waals surface area (Å²) in [6, 6.07) is 28.7. The van der Waals surface area contributed by atoms with E-state index in [0.717, 1.165) is 22.8 Å². The highest BCUT2D eigenvalue weighted by Gasteiger charge is 2.12. The van der Waals surface area contributed by atoms with Gasteiger partial charge in [0.15, 0.2) is 0 Å². The van der Waals surface area contributed by atoms with E-state index in [0.29, 0.717) is 0 Å². The van der Waals surface area contributed by atoms with Crippen molar-refractivity contribution < 1.29 is 4.74 Å². The Kier molecular flexibility index (Phi) is 3.35. The number of rotatable bonds is 3. The van der Waals surface area contributed by atoms with Gasteiger partial charge in [-0.15, -0.1) is 0 Å². The molecule has 0 atom stereocenters. The number of aryl methyl sites for hydroxylation is 1. The van der Waals surface area contributed by atoms with Crippen molar-refractivity contribution in [1.29, 1.82) is 0 Å². The molecule has 23 heavy (non-hydrogen) atoms. The zero-order valence-corrected chi connectivity index (χ0v) is 12.9. The van der Waals surface area contributed by atoms with E-state index in [2.05, 4.69) is 48.0 Å². The molecule has 1 aromatic heterocycles. The van der Waals surface area contributed by atoms with Gasteiger partial charge in [-0.2, -0.15) is 0 Å². The summed E-state index contributed by atoms with van der Waals surface area (Å²) in [5.74, 6) is 1.71. The average molecular weight is 299 g/mol. The molecule has 1 heterocycles. The van der Waals surface area contributed by atoms with Crippen LogP contribution < -0.4 is 4.74 Å². The maximum Gasteiger partial charge on any atom is 0.136 e. The van der Waals surface area contributed by atoms with Crippen molar-refractivity contribution in [1.82, 2.24) is 4.57 Å². The number of fused-ring (bicyclic) bond motifs is 1. The first-order chi connectivity index (χ1) is 11.3. The number of ether oxygens (including phenoxy) is 1. The van der Waals surface area contributed by atoms with E-state index in [4.69, 9.17) is 4.74 Å². The van der Waals surface area contributed by atoms with Crippen LogP contribution in [0.3, 0.4) is 0 Å². The number of para-hydroxylation sites is 3. The average Bonchev–Trinajstić information content (AvgIpc) is 2.94. The maximum atomic E-state index is 6.10. The number of hydrogen-bond acceptors (Lipinski definition) is 1. The van der Waals surface area contributed by atoms with Gasteiger partial charge in [0.25, 0.3) is 0 Å². The van der Waals surface area contributed by atoms with Crippen LogP contribution in [0.5, 0.6) is 11.5 Å². The summed E-state index contributed by atoms with van der Waals surface area (Å²) in [6.45, 7) is 0. The van der Waals surface area contributed by atoms with Gasteiger partial charge in [-0.25, -0.2) is 0 Å². The summed E-state index contributed by atoms with van der Waals surface area (Å²) in [6.07, 6.45) is 0. The van der Waals surface area contributed by atoms with Crippen LogP contribution in [0.1, 0.15) is 0 Å². The highest BCUT2D eigenvalue weighted by molar-refractivity contribution is 5.88. The van der Waals surface area contributed by atoms with Gasteiger partial charge < -0.3 is 9.30 Å². The molecule has 0 spiro atoms. The molecule has 0 saturated carbocycles. The van der Waals surface area contributed by atoms with E-state index in [1.165, 1.54) is 10.9 Å². The normalized spacial score (nSPS) is 10.8. The summed E-state index contributed by atoms with van der Waals surface area (Å²) >= 11 is 0. The fourth-order valence-corrected chi connectivity index (χ4v) is 2.93. The van der Waals surface area contributed by atoms with E-state index in [9.17, 15) is 0 Å². The quantitative estimate of drug-likeness (QED) is 0.477. The summed E-state index contributed by atoms with van der Waals surface area (Å²) < 4.78 is 8.31. The molecule has 0 N–H and O–H groups in total. The minimum atomic E-state index is 0.846. The highest BCUT2D eigenvalue weighted by Crippen LogP contribution is 2.35.